The highest BCUT2D eigenvalue weighted by molar-refractivity contribution is 5.94. The number of anilines is 2. The molecule has 0 aliphatic carbocycles. The molecular formula is C11H11N5O3. The normalized spacial score (nSPS) is 10.2. The monoisotopic (exact) mass is 261 g/mol. The Morgan fingerprint density at radius 3 is 2.79 bits per heavy atom. The number of nitro benzene ring substituents is 1. The third-order valence-electron chi connectivity index (χ3n) is 2.46. The molecule has 0 saturated carbocycles. The van der Waals surface area contributed by atoms with Crippen molar-refractivity contribution in [3.8, 4) is 0 Å². The Hall–Kier alpha value is -2.90. The molecule has 1 aromatic heterocycles. The maximum Gasteiger partial charge on any atom is 0.293 e. The molecule has 0 saturated heterocycles. The van der Waals surface area contributed by atoms with Crippen LogP contribution in [0.3, 0.4) is 0 Å². The van der Waals surface area contributed by atoms with E-state index >= 15 is 0 Å². The predicted molar refractivity (Wildman–Crippen MR) is 68.1 cm³/mol. The second kappa shape index (κ2) is 4.77. The second-order valence-electron chi connectivity index (χ2n) is 3.88. The number of rotatable bonds is 4. The van der Waals surface area contributed by atoms with Crippen molar-refractivity contribution in [2.75, 3.05) is 5.32 Å². The average molecular weight is 261 g/mol. The Morgan fingerprint density at radius 2 is 2.26 bits per heavy atom. The van der Waals surface area contributed by atoms with Gasteiger partial charge < -0.3 is 11.1 Å². The van der Waals surface area contributed by atoms with Crippen molar-refractivity contribution < 1.29 is 9.72 Å². The minimum atomic E-state index is -0.712. The molecule has 0 aliphatic heterocycles. The van der Waals surface area contributed by atoms with Crippen molar-refractivity contribution in [3.63, 3.8) is 0 Å². The highest BCUT2D eigenvalue weighted by Gasteiger charge is 2.16. The number of benzene rings is 1. The van der Waals surface area contributed by atoms with Crippen molar-refractivity contribution in [2.24, 2.45) is 12.8 Å². The van der Waals surface area contributed by atoms with E-state index in [4.69, 9.17) is 5.73 Å². The van der Waals surface area contributed by atoms with Gasteiger partial charge in [0.15, 0.2) is 0 Å². The van der Waals surface area contributed by atoms with E-state index in [1.54, 1.807) is 17.9 Å². The number of hydrogen-bond donors (Lipinski definition) is 2. The van der Waals surface area contributed by atoms with E-state index in [0.717, 1.165) is 6.07 Å². The smallest absolute Gasteiger partial charge is 0.293 e. The largest absolute Gasteiger partial charge is 0.366 e. The van der Waals surface area contributed by atoms with E-state index in [-0.39, 0.29) is 16.9 Å². The van der Waals surface area contributed by atoms with Gasteiger partial charge in [-0.2, -0.15) is 5.10 Å². The number of primary amides is 1. The Bertz CT molecular complexity index is 650. The summed E-state index contributed by atoms with van der Waals surface area (Å²) in [6.45, 7) is 0. The summed E-state index contributed by atoms with van der Waals surface area (Å²) in [5.74, 6) is -0.712. The molecule has 0 spiro atoms. The van der Waals surface area contributed by atoms with Crippen LogP contribution in [0.15, 0.2) is 30.6 Å². The first kappa shape index (κ1) is 12.6. The maximum atomic E-state index is 11.0. The highest BCUT2D eigenvalue weighted by atomic mass is 16.6. The molecule has 0 bridgehead atoms. The maximum absolute atomic E-state index is 11.0. The molecule has 19 heavy (non-hydrogen) atoms. The van der Waals surface area contributed by atoms with Crippen LogP contribution >= 0.6 is 0 Å². The van der Waals surface area contributed by atoms with Gasteiger partial charge in [0.2, 0.25) is 5.91 Å². The van der Waals surface area contributed by atoms with E-state index in [2.05, 4.69) is 10.4 Å². The predicted octanol–water partition coefficient (Wildman–Crippen LogP) is 1.17. The molecule has 8 nitrogen and oxygen atoms in total. The van der Waals surface area contributed by atoms with Gasteiger partial charge in [0.05, 0.1) is 16.8 Å². The van der Waals surface area contributed by atoms with E-state index in [1.807, 2.05) is 0 Å². The zero-order chi connectivity index (χ0) is 14.0. The summed E-state index contributed by atoms with van der Waals surface area (Å²) in [5, 5.41) is 17.8. The van der Waals surface area contributed by atoms with Gasteiger partial charge >= 0.3 is 0 Å². The Morgan fingerprint density at radius 1 is 1.53 bits per heavy atom. The number of aromatic nitrogens is 2. The summed E-state index contributed by atoms with van der Waals surface area (Å²) in [5.41, 5.74) is 5.83. The van der Waals surface area contributed by atoms with Gasteiger partial charge in [0, 0.05) is 24.9 Å². The number of carbonyl (C=O) groups excluding carboxylic acids is 1. The summed E-state index contributed by atoms with van der Waals surface area (Å²) in [6.07, 6.45) is 3.21. The van der Waals surface area contributed by atoms with Crippen LogP contribution in [-0.4, -0.2) is 20.6 Å². The number of carbonyl (C=O) groups is 1. The summed E-state index contributed by atoms with van der Waals surface area (Å²) >= 11 is 0. The lowest BCUT2D eigenvalue weighted by atomic mass is 10.1. The minimum absolute atomic E-state index is 0.0865. The number of hydrogen-bond acceptors (Lipinski definition) is 5. The number of nitrogens with zero attached hydrogens (tertiary/aromatic N) is 3. The molecule has 3 N–H and O–H groups in total. The second-order valence-corrected chi connectivity index (χ2v) is 3.88. The van der Waals surface area contributed by atoms with Crippen LogP contribution in [0.1, 0.15) is 10.4 Å². The van der Waals surface area contributed by atoms with Gasteiger partial charge in [0.25, 0.3) is 5.69 Å². The Labute approximate surface area is 108 Å². The first-order chi connectivity index (χ1) is 8.97. The van der Waals surface area contributed by atoms with Crippen molar-refractivity contribution in [1.82, 2.24) is 9.78 Å². The third-order valence-corrected chi connectivity index (χ3v) is 2.46. The van der Waals surface area contributed by atoms with Gasteiger partial charge in [-0.3, -0.25) is 19.6 Å². The van der Waals surface area contributed by atoms with Crippen molar-refractivity contribution >= 4 is 23.0 Å². The molecule has 2 rings (SSSR count). The SMILES string of the molecule is Cn1cc(Nc2ccc(C(N)=O)cc2[N+](=O)[O-])cn1. The zero-order valence-electron chi connectivity index (χ0n) is 10.0. The molecule has 1 heterocycles. The quantitative estimate of drug-likeness (QED) is 0.633. The van der Waals surface area contributed by atoms with Crippen molar-refractivity contribution in [2.45, 2.75) is 0 Å². The van der Waals surface area contributed by atoms with Crippen molar-refractivity contribution in [3.05, 3.63) is 46.3 Å². The first-order valence-electron chi connectivity index (χ1n) is 5.31. The lowest BCUT2D eigenvalue weighted by Gasteiger charge is -2.05. The molecule has 1 aromatic carbocycles. The van der Waals surface area contributed by atoms with Crippen LogP contribution in [0.2, 0.25) is 0 Å². The topological polar surface area (TPSA) is 116 Å². The Kier molecular flexibility index (Phi) is 3.15. The fourth-order valence-corrected chi connectivity index (χ4v) is 1.58. The molecule has 0 radical (unpaired) electrons. The van der Waals surface area contributed by atoms with Crippen LogP contribution in [0.5, 0.6) is 0 Å². The molecule has 0 fully saturated rings. The van der Waals surface area contributed by atoms with Crippen LogP contribution in [0.25, 0.3) is 0 Å². The fraction of sp³-hybridized carbons (Fsp3) is 0.0909. The molecule has 1 amide bonds. The summed E-state index contributed by atoms with van der Waals surface area (Å²) in [4.78, 5) is 21.4. The first-order valence-corrected chi connectivity index (χ1v) is 5.31. The summed E-state index contributed by atoms with van der Waals surface area (Å²) < 4.78 is 1.56. The fourth-order valence-electron chi connectivity index (χ4n) is 1.58. The van der Waals surface area contributed by atoms with Crippen LogP contribution in [0, 0.1) is 10.1 Å². The summed E-state index contributed by atoms with van der Waals surface area (Å²) in [7, 11) is 1.73. The standard InChI is InChI=1S/C11H11N5O3/c1-15-6-8(5-13-15)14-9-3-2-7(11(12)17)4-10(9)16(18)19/h2-6,14H,1H3,(H2,12,17). The number of nitrogens with two attached hydrogens (primary N) is 1. The third kappa shape index (κ3) is 2.68. The molecule has 8 heteroatoms. The number of nitro groups is 1. The van der Waals surface area contributed by atoms with Gasteiger partial charge in [0.1, 0.15) is 5.69 Å². The van der Waals surface area contributed by atoms with E-state index in [0.29, 0.717) is 5.69 Å². The van der Waals surface area contributed by atoms with Crippen LogP contribution in [-0.2, 0) is 7.05 Å². The Balaban J connectivity index is 2.39. The van der Waals surface area contributed by atoms with Gasteiger partial charge in [-0.05, 0) is 12.1 Å². The minimum Gasteiger partial charge on any atom is -0.366 e. The molecule has 0 atom stereocenters. The molecule has 2 aromatic rings. The number of nitrogens with one attached hydrogen (secondary N) is 1. The van der Waals surface area contributed by atoms with Crippen LogP contribution in [0.4, 0.5) is 17.1 Å². The number of amides is 1. The lowest BCUT2D eigenvalue weighted by Crippen LogP contribution is -2.11. The van der Waals surface area contributed by atoms with Crippen LogP contribution < -0.4 is 11.1 Å². The highest BCUT2D eigenvalue weighted by Crippen LogP contribution is 2.28. The van der Waals surface area contributed by atoms with Gasteiger partial charge in [-0.1, -0.05) is 0 Å². The molecule has 98 valence electrons. The molecular weight excluding hydrogens is 250 g/mol. The molecule has 0 unspecified atom stereocenters. The lowest BCUT2D eigenvalue weighted by molar-refractivity contribution is -0.383. The summed E-state index contributed by atoms with van der Waals surface area (Å²) in [6, 6.07) is 4.00. The zero-order valence-corrected chi connectivity index (χ0v) is 10.0. The van der Waals surface area contributed by atoms with E-state index in [9.17, 15) is 14.9 Å². The van der Waals surface area contributed by atoms with E-state index < -0.39 is 10.8 Å². The van der Waals surface area contributed by atoms with Gasteiger partial charge in [-0.25, -0.2) is 0 Å². The van der Waals surface area contributed by atoms with Gasteiger partial charge in [-0.15, -0.1) is 0 Å². The van der Waals surface area contributed by atoms with E-state index in [1.165, 1.54) is 18.3 Å². The van der Waals surface area contributed by atoms with Crippen molar-refractivity contribution in [1.29, 1.82) is 0 Å². The average Bonchev–Trinajstić information content (AvgIpc) is 2.74. The molecule has 0 aliphatic rings. The number of aryl methyl sites for hydroxylation is 1.